The van der Waals surface area contributed by atoms with Crippen LogP contribution in [0.4, 0.5) is 0 Å². The van der Waals surface area contributed by atoms with Crippen LogP contribution in [0.5, 0.6) is 5.75 Å². The summed E-state index contributed by atoms with van der Waals surface area (Å²) in [5.74, 6) is 0.469. The van der Waals surface area contributed by atoms with Gasteiger partial charge in [0, 0.05) is 17.7 Å². The molecule has 0 saturated carbocycles. The van der Waals surface area contributed by atoms with E-state index >= 15 is 0 Å². The van der Waals surface area contributed by atoms with Gasteiger partial charge in [0.2, 0.25) is 5.91 Å². The fourth-order valence-corrected chi connectivity index (χ4v) is 1.97. The van der Waals surface area contributed by atoms with Crippen LogP contribution in [0, 0.1) is 6.92 Å². The van der Waals surface area contributed by atoms with E-state index in [-0.39, 0.29) is 17.9 Å². The van der Waals surface area contributed by atoms with Gasteiger partial charge in [0.1, 0.15) is 5.75 Å². The molecule has 0 unspecified atom stereocenters. The number of H-pyrrole nitrogens is 2. The lowest BCUT2D eigenvalue weighted by atomic mass is 10.1. The van der Waals surface area contributed by atoms with Crippen molar-refractivity contribution in [2.75, 3.05) is 7.11 Å². The molecule has 7 heteroatoms. The number of amides is 1. The third kappa shape index (κ3) is 4.08. The molecule has 0 spiro atoms. The Morgan fingerprint density at radius 2 is 2.23 bits per heavy atom. The Hall–Kier alpha value is -2.83. The van der Waals surface area contributed by atoms with E-state index in [1.165, 1.54) is 6.21 Å². The summed E-state index contributed by atoms with van der Waals surface area (Å²) in [6.45, 7) is 1.78. The van der Waals surface area contributed by atoms with Crippen molar-refractivity contribution < 1.29 is 9.53 Å². The van der Waals surface area contributed by atoms with Crippen molar-refractivity contribution in [1.82, 2.24) is 15.6 Å². The number of methoxy groups -OCH3 is 1. The van der Waals surface area contributed by atoms with E-state index in [9.17, 15) is 9.59 Å². The van der Waals surface area contributed by atoms with Gasteiger partial charge in [-0.25, -0.2) is 5.43 Å². The maximum absolute atomic E-state index is 11.7. The summed E-state index contributed by atoms with van der Waals surface area (Å²) in [6.07, 6.45) is 2.09. The number of carbonyl (C=O) groups excluding carboxylic acids is 1. The number of hydrogen-bond acceptors (Lipinski definition) is 4. The highest BCUT2D eigenvalue weighted by atomic mass is 16.5. The summed E-state index contributed by atoms with van der Waals surface area (Å²) < 4.78 is 5.10. The number of rotatable bonds is 6. The van der Waals surface area contributed by atoms with Gasteiger partial charge in [0.05, 0.1) is 13.3 Å². The second kappa shape index (κ2) is 7.26. The van der Waals surface area contributed by atoms with Crippen LogP contribution in [0.15, 0.2) is 34.2 Å². The highest BCUT2D eigenvalue weighted by Crippen LogP contribution is 2.10. The van der Waals surface area contributed by atoms with Crippen molar-refractivity contribution in [2.24, 2.45) is 5.10 Å². The molecule has 3 N–H and O–H groups in total. The van der Waals surface area contributed by atoms with Crippen LogP contribution in [0.25, 0.3) is 0 Å². The SMILES string of the molecule is COc1cccc(C=NNC(=O)CCc2c(C)[nH][nH]c2=O)c1. The number of ether oxygens (including phenoxy) is 1. The van der Waals surface area contributed by atoms with Gasteiger partial charge in [-0.3, -0.25) is 14.7 Å². The van der Waals surface area contributed by atoms with Crippen LogP contribution in [0.3, 0.4) is 0 Å². The molecular formula is C15H18N4O3. The number of aromatic nitrogens is 2. The first-order chi connectivity index (χ1) is 10.6. The zero-order chi connectivity index (χ0) is 15.9. The Balaban J connectivity index is 1.85. The Labute approximate surface area is 127 Å². The minimum Gasteiger partial charge on any atom is -0.497 e. The first kappa shape index (κ1) is 15.6. The number of benzene rings is 1. The molecule has 2 rings (SSSR count). The van der Waals surface area contributed by atoms with Gasteiger partial charge in [-0.2, -0.15) is 5.10 Å². The third-order valence-corrected chi connectivity index (χ3v) is 3.19. The van der Waals surface area contributed by atoms with E-state index in [1.54, 1.807) is 20.1 Å². The molecule has 0 aliphatic carbocycles. The monoisotopic (exact) mass is 302 g/mol. The lowest BCUT2D eigenvalue weighted by Crippen LogP contribution is -2.19. The maximum Gasteiger partial charge on any atom is 0.267 e. The van der Waals surface area contributed by atoms with Crippen LogP contribution >= 0.6 is 0 Å². The normalized spacial score (nSPS) is 10.8. The number of nitrogens with one attached hydrogen (secondary N) is 3. The van der Waals surface area contributed by atoms with E-state index < -0.39 is 0 Å². The lowest BCUT2D eigenvalue weighted by molar-refractivity contribution is -0.121. The number of aromatic amines is 2. The highest BCUT2D eigenvalue weighted by molar-refractivity contribution is 5.82. The van der Waals surface area contributed by atoms with Crippen LogP contribution < -0.4 is 15.7 Å². The average molecular weight is 302 g/mol. The largest absolute Gasteiger partial charge is 0.497 e. The number of aryl methyl sites for hydroxylation is 1. The van der Waals surface area contributed by atoms with E-state index in [4.69, 9.17) is 4.74 Å². The highest BCUT2D eigenvalue weighted by Gasteiger charge is 2.08. The van der Waals surface area contributed by atoms with Crippen LogP contribution in [-0.2, 0) is 11.2 Å². The fraction of sp³-hybridized carbons (Fsp3) is 0.267. The van der Waals surface area contributed by atoms with Gasteiger partial charge in [-0.05, 0) is 31.0 Å². The fourth-order valence-electron chi connectivity index (χ4n) is 1.97. The van der Waals surface area contributed by atoms with E-state index in [2.05, 4.69) is 20.7 Å². The van der Waals surface area contributed by atoms with Crippen molar-refractivity contribution in [3.8, 4) is 5.75 Å². The minimum atomic E-state index is -0.251. The molecule has 1 aromatic carbocycles. The number of hydrazone groups is 1. The maximum atomic E-state index is 11.7. The second-order valence-electron chi connectivity index (χ2n) is 4.75. The predicted octanol–water partition coefficient (Wildman–Crippen LogP) is 1.10. The third-order valence-electron chi connectivity index (χ3n) is 3.19. The Morgan fingerprint density at radius 1 is 1.41 bits per heavy atom. The summed E-state index contributed by atoms with van der Waals surface area (Å²) in [5, 5.41) is 9.10. The molecule has 0 radical (unpaired) electrons. The van der Waals surface area contributed by atoms with Crippen LogP contribution in [-0.4, -0.2) is 29.4 Å². The number of hydrogen-bond donors (Lipinski definition) is 3. The van der Waals surface area contributed by atoms with Crippen LogP contribution in [0.2, 0.25) is 0 Å². The summed E-state index contributed by atoms with van der Waals surface area (Å²) in [4.78, 5) is 23.2. The molecule has 0 atom stereocenters. The molecule has 0 bridgehead atoms. The molecule has 0 fully saturated rings. The van der Waals surface area contributed by atoms with Crippen molar-refractivity contribution in [3.05, 3.63) is 51.4 Å². The first-order valence-corrected chi connectivity index (χ1v) is 6.82. The molecule has 7 nitrogen and oxygen atoms in total. The smallest absolute Gasteiger partial charge is 0.267 e. The molecule has 116 valence electrons. The van der Waals surface area contributed by atoms with Crippen molar-refractivity contribution in [1.29, 1.82) is 0 Å². The van der Waals surface area contributed by atoms with Gasteiger partial charge < -0.3 is 9.84 Å². The molecule has 1 aromatic heterocycles. The molecular weight excluding hydrogens is 284 g/mol. The zero-order valence-corrected chi connectivity index (χ0v) is 12.5. The van der Waals surface area contributed by atoms with E-state index in [0.29, 0.717) is 12.0 Å². The summed E-state index contributed by atoms with van der Waals surface area (Å²) in [6, 6.07) is 7.31. The van der Waals surface area contributed by atoms with Crippen LogP contribution in [0.1, 0.15) is 23.2 Å². The van der Waals surface area contributed by atoms with Gasteiger partial charge in [-0.15, -0.1) is 0 Å². The standard InChI is InChI=1S/C15H18N4O3/c1-10-13(15(21)19-17-10)6-7-14(20)18-16-9-11-4-3-5-12(8-11)22-2/h3-5,8-9H,6-7H2,1-2H3,(H,18,20)(H2,17,19,21). The molecule has 1 heterocycles. The predicted molar refractivity (Wildman–Crippen MR) is 83.2 cm³/mol. The first-order valence-electron chi connectivity index (χ1n) is 6.82. The van der Waals surface area contributed by atoms with Crippen molar-refractivity contribution in [2.45, 2.75) is 19.8 Å². The molecule has 22 heavy (non-hydrogen) atoms. The molecule has 0 aliphatic rings. The quantitative estimate of drug-likeness (QED) is 0.550. The zero-order valence-electron chi connectivity index (χ0n) is 12.5. The average Bonchev–Trinajstić information content (AvgIpc) is 2.84. The van der Waals surface area contributed by atoms with Gasteiger partial charge >= 0.3 is 0 Å². The molecule has 0 aliphatic heterocycles. The van der Waals surface area contributed by atoms with E-state index in [0.717, 1.165) is 17.0 Å². The molecule has 0 saturated heterocycles. The van der Waals surface area contributed by atoms with E-state index in [1.807, 2.05) is 18.2 Å². The molecule has 2 aromatic rings. The second-order valence-corrected chi connectivity index (χ2v) is 4.75. The van der Waals surface area contributed by atoms with Gasteiger partial charge in [0.15, 0.2) is 0 Å². The number of nitrogens with zero attached hydrogens (tertiary/aromatic N) is 1. The Kier molecular flexibility index (Phi) is 5.13. The van der Waals surface area contributed by atoms with Gasteiger partial charge in [-0.1, -0.05) is 12.1 Å². The Bertz CT molecular complexity index is 730. The summed E-state index contributed by atoms with van der Waals surface area (Å²) in [7, 11) is 1.59. The molecule has 1 amide bonds. The van der Waals surface area contributed by atoms with Crippen molar-refractivity contribution >= 4 is 12.1 Å². The van der Waals surface area contributed by atoms with Gasteiger partial charge in [0.25, 0.3) is 5.56 Å². The Morgan fingerprint density at radius 3 is 2.91 bits per heavy atom. The summed E-state index contributed by atoms with van der Waals surface area (Å²) >= 11 is 0. The minimum absolute atomic E-state index is 0.190. The summed E-state index contributed by atoms with van der Waals surface area (Å²) in [5.41, 5.74) is 4.40. The number of carbonyl (C=O) groups is 1. The van der Waals surface area contributed by atoms with Crippen molar-refractivity contribution in [3.63, 3.8) is 0 Å². The lowest BCUT2D eigenvalue weighted by Gasteiger charge is -2.01. The topological polar surface area (TPSA) is 99.3 Å².